The highest BCUT2D eigenvalue weighted by Gasteiger charge is 2.22. The zero-order valence-corrected chi connectivity index (χ0v) is 11.5. The summed E-state index contributed by atoms with van der Waals surface area (Å²) in [6.07, 6.45) is 14.4. The number of hydrogen-bond acceptors (Lipinski definition) is 2. The molecule has 0 N–H and O–H groups in total. The van der Waals surface area contributed by atoms with Gasteiger partial charge in [0.25, 0.3) is 0 Å². The largest absolute Gasteiger partial charge is 0.302 e. The molecule has 1 heterocycles. The summed E-state index contributed by atoms with van der Waals surface area (Å²) < 4.78 is 0. The van der Waals surface area contributed by atoms with Crippen LogP contribution in [0.15, 0.2) is 0 Å². The van der Waals surface area contributed by atoms with Crippen molar-refractivity contribution in [3.63, 3.8) is 0 Å². The van der Waals surface area contributed by atoms with Gasteiger partial charge in [0.05, 0.1) is 6.04 Å². The number of unbranched alkanes of at least 4 members (excludes halogenated alkanes) is 7. The molecule has 0 amide bonds. The van der Waals surface area contributed by atoms with Crippen LogP contribution in [0.1, 0.15) is 71.1 Å². The Morgan fingerprint density at radius 1 is 1.06 bits per heavy atom. The van der Waals surface area contributed by atoms with Crippen LogP contribution in [0.4, 0.5) is 0 Å². The molecule has 2 nitrogen and oxygen atoms in total. The maximum Gasteiger partial charge on any atom is 0.137 e. The van der Waals surface area contributed by atoms with Gasteiger partial charge in [0.15, 0.2) is 0 Å². The highest BCUT2D eigenvalue weighted by atomic mass is 16.1. The van der Waals surface area contributed by atoms with Gasteiger partial charge >= 0.3 is 0 Å². The molecule has 1 fully saturated rings. The van der Waals surface area contributed by atoms with Gasteiger partial charge in [-0.25, -0.2) is 0 Å². The number of nitrogens with zero attached hydrogens (tertiary/aromatic N) is 1. The molecule has 0 aromatic heterocycles. The van der Waals surface area contributed by atoms with Gasteiger partial charge in [0.2, 0.25) is 0 Å². The summed E-state index contributed by atoms with van der Waals surface area (Å²) in [5.74, 6) is 0. The highest BCUT2D eigenvalue weighted by molar-refractivity contribution is 5.58. The van der Waals surface area contributed by atoms with Crippen molar-refractivity contribution in [2.75, 3.05) is 13.1 Å². The monoisotopic (exact) mass is 239 g/mol. The smallest absolute Gasteiger partial charge is 0.137 e. The summed E-state index contributed by atoms with van der Waals surface area (Å²) in [6.45, 7) is 4.54. The third-order valence-corrected chi connectivity index (χ3v) is 3.87. The molecule has 0 radical (unpaired) electrons. The van der Waals surface area contributed by atoms with E-state index in [1.165, 1.54) is 57.8 Å². The Hall–Kier alpha value is -0.370. The minimum Gasteiger partial charge on any atom is -0.302 e. The van der Waals surface area contributed by atoms with Crippen LogP contribution in [0.2, 0.25) is 0 Å². The fraction of sp³-hybridized carbons (Fsp3) is 0.933. The molecule has 0 aliphatic carbocycles. The van der Waals surface area contributed by atoms with Crippen molar-refractivity contribution >= 4 is 6.29 Å². The Kier molecular flexibility index (Phi) is 8.33. The minimum atomic E-state index is 0.236. The van der Waals surface area contributed by atoms with E-state index in [4.69, 9.17) is 0 Å². The molecule has 1 aliphatic rings. The predicted molar refractivity (Wildman–Crippen MR) is 73.3 cm³/mol. The third-order valence-electron chi connectivity index (χ3n) is 3.87. The Labute approximate surface area is 107 Å². The average molecular weight is 239 g/mol. The van der Waals surface area contributed by atoms with E-state index in [1.807, 2.05) is 0 Å². The number of aldehydes is 1. The maximum atomic E-state index is 10.8. The van der Waals surface area contributed by atoms with Gasteiger partial charge in [-0.3, -0.25) is 4.90 Å². The summed E-state index contributed by atoms with van der Waals surface area (Å²) in [5.41, 5.74) is 0. The molecule has 0 aromatic carbocycles. The molecule has 0 bridgehead atoms. The van der Waals surface area contributed by atoms with Gasteiger partial charge in [-0.2, -0.15) is 0 Å². The van der Waals surface area contributed by atoms with Crippen LogP contribution in [-0.4, -0.2) is 30.3 Å². The summed E-state index contributed by atoms with van der Waals surface area (Å²) >= 11 is 0. The topological polar surface area (TPSA) is 20.3 Å². The van der Waals surface area contributed by atoms with Crippen molar-refractivity contribution in [3.05, 3.63) is 0 Å². The molecule has 1 aliphatic heterocycles. The molecule has 0 saturated carbocycles. The van der Waals surface area contributed by atoms with Crippen molar-refractivity contribution in [1.82, 2.24) is 4.90 Å². The quantitative estimate of drug-likeness (QED) is 0.427. The second-order valence-corrected chi connectivity index (χ2v) is 5.36. The first-order valence-electron chi connectivity index (χ1n) is 7.58. The van der Waals surface area contributed by atoms with Crippen LogP contribution in [-0.2, 0) is 4.79 Å². The average Bonchev–Trinajstić information content (AvgIpc) is 2.80. The number of likely N-dealkylation sites (tertiary alicyclic amines) is 1. The van der Waals surface area contributed by atoms with Crippen LogP contribution in [0.25, 0.3) is 0 Å². The Bertz CT molecular complexity index is 193. The first-order chi connectivity index (χ1) is 8.38. The van der Waals surface area contributed by atoms with Crippen LogP contribution in [0, 0.1) is 0 Å². The van der Waals surface area contributed by atoms with Gasteiger partial charge in [-0.05, 0) is 32.4 Å². The van der Waals surface area contributed by atoms with Crippen molar-refractivity contribution in [2.45, 2.75) is 77.2 Å². The molecular formula is C15H29NO. The zero-order chi connectivity index (χ0) is 12.3. The standard InChI is InChI=1S/C15H29NO/c1-2-3-4-5-6-7-8-9-12-16-13-10-11-15(16)14-17/h14-15H,2-13H2,1H3/t15-/m1/s1. The van der Waals surface area contributed by atoms with Gasteiger partial charge in [0.1, 0.15) is 6.29 Å². The van der Waals surface area contributed by atoms with E-state index in [2.05, 4.69) is 11.8 Å². The first kappa shape index (κ1) is 14.7. The molecule has 1 rings (SSSR count). The molecule has 1 saturated heterocycles. The van der Waals surface area contributed by atoms with E-state index in [0.717, 1.165) is 25.8 Å². The summed E-state index contributed by atoms with van der Waals surface area (Å²) in [6, 6.07) is 0.236. The molecule has 0 unspecified atom stereocenters. The van der Waals surface area contributed by atoms with E-state index in [9.17, 15) is 4.79 Å². The zero-order valence-electron chi connectivity index (χ0n) is 11.5. The van der Waals surface area contributed by atoms with Crippen LogP contribution in [0.3, 0.4) is 0 Å². The summed E-state index contributed by atoms with van der Waals surface area (Å²) in [7, 11) is 0. The number of carbonyl (C=O) groups is 1. The summed E-state index contributed by atoms with van der Waals surface area (Å²) in [5, 5.41) is 0. The Morgan fingerprint density at radius 3 is 2.35 bits per heavy atom. The highest BCUT2D eigenvalue weighted by Crippen LogP contribution is 2.16. The molecule has 17 heavy (non-hydrogen) atoms. The maximum absolute atomic E-state index is 10.8. The fourth-order valence-electron chi connectivity index (χ4n) is 2.73. The minimum absolute atomic E-state index is 0.236. The fourth-order valence-corrected chi connectivity index (χ4v) is 2.73. The Morgan fingerprint density at radius 2 is 1.71 bits per heavy atom. The summed E-state index contributed by atoms with van der Waals surface area (Å²) in [4.78, 5) is 13.2. The van der Waals surface area contributed by atoms with Gasteiger partial charge in [0, 0.05) is 0 Å². The van der Waals surface area contributed by atoms with Crippen LogP contribution >= 0.6 is 0 Å². The second kappa shape index (κ2) is 9.64. The lowest BCUT2D eigenvalue weighted by molar-refractivity contribution is -0.111. The lowest BCUT2D eigenvalue weighted by Gasteiger charge is -2.19. The predicted octanol–water partition coefficient (Wildman–Crippen LogP) is 3.79. The van der Waals surface area contributed by atoms with Crippen LogP contribution < -0.4 is 0 Å². The van der Waals surface area contributed by atoms with Crippen molar-refractivity contribution in [1.29, 1.82) is 0 Å². The van der Waals surface area contributed by atoms with E-state index in [-0.39, 0.29) is 6.04 Å². The van der Waals surface area contributed by atoms with Crippen molar-refractivity contribution in [3.8, 4) is 0 Å². The molecule has 0 aromatic rings. The van der Waals surface area contributed by atoms with Gasteiger partial charge in [-0.15, -0.1) is 0 Å². The van der Waals surface area contributed by atoms with Crippen molar-refractivity contribution in [2.24, 2.45) is 0 Å². The normalized spacial score (nSPS) is 20.9. The molecular weight excluding hydrogens is 210 g/mol. The second-order valence-electron chi connectivity index (χ2n) is 5.36. The van der Waals surface area contributed by atoms with E-state index >= 15 is 0 Å². The lowest BCUT2D eigenvalue weighted by Crippen LogP contribution is -2.31. The first-order valence-corrected chi connectivity index (χ1v) is 7.58. The van der Waals surface area contributed by atoms with E-state index < -0.39 is 0 Å². The molecule has 100 valence electrons. The number of carbonyl (C=O) groups excluding carboxylic acids is 1. The number of hydrogen-bond donors (Lipinski definition) is 0. The molecule has 2 heteroatoms. The lowest BCUT2D eigenvalue weighted by atomic mass is 10.1. The Balaban J connectivity index is 1.88. The van der Waals surface area contributed by atoms with E-state index in [1.54, 1.807) is 0 Å². The third kappa shape index (κ3) is 6.21. The molecule has 1 atom stereocenters. The van der Waals surface area contributed by atoms with E-state index in [0.29, 0.717) is 0 Å². The number of rotatable bonds is 10. The SMILES string of the molecule is CCCCCCCCCCN1CCC[C@@H]1C=O. The van der Waals surface area contributed by atoms with Gasteiger partial charge in [-0.1, -0.05) is 51.9 Å². The van der Waals surface area contributed by atoms with Gasteiger partial charge < -0.3 is 4.79 Å². The molecule has 0 spiro atoms. The van der Waals surface area contributed by atoms with Crippen LogP contribution in [0.5, 0.6) is 0 Å². The van der Waals surface area contributed by atoms with Crippen molar-refractivity contribution < 1.29 is 4.79 Å².